The van der Waals surface area contributed by atoms with Gasteiger partial charge in [-0.3, -0.25) is 0 Å². The van der Waals surface area contributed by atoms with E-state index < -0.39 is 18.0 Å². The Morgan fingerprint density at radius 2 is 1.92 bits per heavy atom. The fraction of sp³-hybridized carbons (Fsp3) is 0.353. The molecule has 1 heterocycles. The van der Waals surface area contributed by atoms with Gasteiger partial charge in [-0.25, -0.2) is 14.4 Å². The summed E-state index contributed by atoms with van der Waals surface area (Å²) < 4.78 is 10.2. The van der Waals surface area contributed by atoms with Gasteiger partial charge in [-0.15, -0.1) is 0 Å². The highest BCUT2D eigenvalue weighted by Crippen LogP contribution is 2.15. The second kappa shape index (κ2) is 7.63. The number of nitrogens with one attached hydrogen (secondary N) is 2. The molecule has 0 bridgehead atoms. The van der Waals surface area contributed by atoms with Crippen molar-refractivity contribution in [3.05, 3.63) is 46.2 Å². The highest BCUT2D eigenvalue weighted by Gasteiger charge is 2.24. The summed E-state index contributed by atoms with van der Waals surface area (Å²) in [6.07, 6.45) is 0. The average Bonchev–Trinajstić information content (AvgIpc) is 2.55. The van der Waals surface area contributed by atoms with E-state index in [1.165, 1.54) is 0 Å². The summed E-state index contributed by atoms with van der Waals surface area (Å²) in [5, 5.41) is 4.98. The van der Waals surface area contributed by atoms with E-state index in [0.29, 0.717) is 5.56 Å². The van der Waals surface area contributed by atoms with Gasteiger partial charge in [0.2, 0.25) is 0 Å². The van der Waals surface area contributed by atoms with Gasteiger partial charge in [0.15, 0.2) is 0 Å². The van der Waals surface area contributed by atoms with Crippen molar-refractivity contribution in [1.29, 1.82) is 0 Å². The standard InChI is InChI=1S/C17H20N2O5/c1-4-23-16(21)13-8-18-17(22)19-14(13)9-24-15(20)12-7-5-6-10(2)11(12)3/h5-7H,4,8-9H2,1-3H3,(H2,18,19,22). The Bertz CT molecular complexity index is 709. The van der Waals surface area contributed by atoms with E-state index in [9.17, 15) is 14.4 Å². The molecule has 0 saturated carbocycles. The molecule has 0 radical (unpaired) electrons. The lowest BCUT2D eigenvalue weighted by Crippen LogP contribution is -2.45. The van der Waals surface area contributed by atoms with Gasteiger partial charge >= 0.3 is 18.0 Å². The van der Waals surface area contributed by atoms with E-state index in [1.54, 1.807) is 19.1 Å². The van der Waals surface area contributed by atoms with Crippen LogP contribution in [0.5, 0.6) is 0 Å². The maximum absolute atomic E-state index is 12.3. The molecule has 0 aromatic heterocycles. The minimum absolute atomic E-state index is 0.0288. The monoisotopic (exact) mass is 332 g/mol. The first-order valence-electron chi connectivity index (χ1n) is 7.61. The number of carbonyl (C=O) groups excluding carboxylic acids is 3. The number of benzene rings is 1. The molecule has 0 unspecified atom stereocenters. The van der Waals surface area contributed by atoms with Gasteiger partial charge in [-0.1, -0.05) is 12.1 Å². The number of hydrogen-bond donors (Lipinski definition) is 2. The molecule has 7 nitrogen and oxygen atoms in total. The molecule has 1 aromatic carbocycles. The van der Waals surface area contributed by atoms with Crippen molar-refractivity contribution < 1.29 is 23.9 Å². The molecule has 0 spiro atoms. The Labute approximate surface area is 140 Å². The molecule has 2 amide bonds. The van der Waals surface area contributed by atoms with E-state index in [0.717, 1.165) is 11.1 Å². The summed E-state index contributed by atoms with van der Waals surface area (Å²) >= 11 is 0. The summed E-state index contributed by atoms with van der Waals surface area (Å²) in [4.78, 5) is 35.6. The van der Waals surface area contributed by atoms with Gasteiger partial charge in [0.05, 0.1) is 30.0 Å². The maximum atomic E-state index is 12.3. The number of carbonyl (C=O) groups is 3. The van der Waals surface area contributed by atoms with Gasteiger partial charge in [0.1, 0.15) is 6.61 Å². The van der Waals surface area contributed by atoms with Crippen LogP contribution in [-0.4, -0.2) is 37.7 Å². The topological polar surface area (TPSA) is 93.7 Å². The largest absolute Gasteiger partial charge is 0.463 e. The van der Waals surface area contributed by atoms with Crippen LogP contribution in [0, 0.1) is 13.8 Å². The zero-order valence-corrected chi connectivity index (χ0v) is 13.9. The summed E-state index contributed by atoms with van der Waals surface area (Å²) in [5.41, 5.74) is 2.73. The van der Waals surface area contributed by atoms with Gasteiger partial charge in [-0.05, 0) is 38.0 Å². The number of aryl methyl sites for hydroxylation is 1. The molecule has 0 atom stereocenters. The molecule has 1 aromatic rings. The molecule has 1 aliphatic rings. The lowest BCUT2D eigenvalue weighted by Gasteiger charge is -2.21. The number of amides is 2. The van der Waals surface area contributed by atoms with Crippen molar-refractivity contribution >= 4 is 18.0 Å². The van der Waals surface area contributed by atoms with Crippen molar-refractivity contribution in [2.75, 3.05) is 19.8 Å². The smallest absolute Gasteiger partial charge is 0.338 e. The summed E-state index contributed by atoms with van der Waals surface area (Å²) in [6.45, 7) is 5.45. The molecule has 0 fully saturated rings. The van der Waals surface area contributed by atoms with E-state index in [2.05, 4.69) is 10.6 Å². The molecule has 2 N–H and O–H groups in total. The van der Waals surface area contributed by atoms with Crippen molar-refractivity contribution in [1.82, 2.24) is 10.6 Å². The van der Waals surface area contributed by atoms with Crippen LogP contribution in [-0.2, 0) is 14.3 Å². The molecule has 2 rings (SSSR count). The average molecular weight is 332 g/mol. The molecule has 1 aliphatic heterocycles. The van der Waals surface area contributed by atoms with E-state index in [-0.39, 0.29) is 31.0 Å². The van der Waals surface area contributed by atoms with Crippen LogP contribution in [0.2, 0.25) is 0 Å². The SMILES string of the molecule is CCOC(=O)C1=C(COC(=O)c2cccc(C)c2C)NC(=O)NC1. The van der Waals surface area contributed by atoms with Crippen molar-refractivity contribution in [2.24, 2.45) is 0 Å². The van der Waals surface area contributed by atoms with Gasteiger partial charge in [-0.2, -0.15) is 0 Å². The van der Waals surface area contributed by atoms with Crippen LogP contribution < -0.4 is 10.6 Å². The number of esters is 2. The second-order valence-electron chi connectivity index (χ2n) is 5.31. The van der Waals surface area contributed by atoms with E-state index in [1.807, 2.05) is 19.9 Å². The number of urea groups is 1. The molecule has 7 heteroatoms. The first kappa shape index (κ1) is 17.5. The third kappa shape index (κ3) is 3.92. The lowest BCUT2D eigenvalue weighted by molar-refractivity contribution is -0.138. The predicted molar refractivity (Wildman–Crippen MR) is 86.4 cm³/mol. The van der Waals surface area contributed by atoms with E-state index in [4.69, 9.17) is 9.47 Å². The molecule has 24 heavy (non-hydrogen) atoms. The van der Waals surface area contributed by atoms with Gasteiger partial charge in [0.25, 0.3) is 0 Å². The van der Waals surface area contributed by atoms with Crippen molar-refractivity contribution in [3.8, 4) is 0 Å². The Hall–Kier alpha value is -2.83. The number of ether oxygens (including phenoxy) is 2. The minimum atomic E-state index is -0.553. The summed E-state index contributed by atoms with van der Waals surface area (Å²) in [5.74, 6) is -1.07. The zero-order chi connectivity index (χ0) is 17.7. The normalized spacial score (nSPS) is 13.9. The fourth-order valence-electron chi connectivity index (χ4n) is 2.26. The molecular weight excluding hydrogens is 312 g/mol. The number of rotatable bonds is 5. The first-order valence-corrected chi connectivity index (χ1v) is 7.61. The highest BCUT2D eigenvalue weighted by molar-refractivity contribution is 5.94. The molecule has 0 aliphatic carbocycles. The fourth-order valence-corrected chi connectivity index (χ4v) is 2.26. The van der Waals surface area contributed by atoms with Crippen LogP contribution in [0.25, 0.3) is 0 Å². The van der Waals surface area contributed by atoms with Gasteiger partial charge in [0, 0.05) is 0 Å². The third-order valence-electron chi connectivity index (χ3n) is 3.75. The quantitative estimate of drug-likeness (QED) is 0.799. The summed E-state index contributed by atoms with van der Waals surface area (Å²) in [7, 11) is 0. The first-order chi connectivity index (χ1) is 11.4. The molecule has 0 saturated heterocycles. The Morgan fingerprint density at radius 3 is 2.62 bits per heavy atom. The summed E-state index contributed by atoms with van der Waals surface area (Å²) in [6, 6.07) is 4.89. The number of hydrogen-bond acceptors (Lipinski definition) is 5. The Morgan fingerprint density at radius 1 is 1.17 bits per heavy atom. The van der Waals surface area contributed by atoms with Crippen LogP contribution in [0.15, 0.2) is 29.5 Å². The molecule has 128 valence electrons. The van der Waals surface area contributed by atoms with Crippen LogP contribution in [0.3, 0.4) is 0 Å². The Kier molecular flexibility index (Phi) is 5.57. The van der Waals surface area contributed by atoms with Crippen LogP contribution >= 0.6 is 0 Å². The van der Waals surface area contributed by atoms with Gasteiger partial charge < -0.3 is 20.1 Å². The second-order valence-corrected chi connectivity index (χ2v) is 5.31. The molecular formula is C17H20N2O5. The lowest BCUT2D eigenvalue weighted by atomic mass is 10.0. The highest BCUT2D eigenvalue weighted by atomic mass is 16.5. The zero-order valence-electron chi connectivity index (χ0n) is 13.9. The van der Waals surface area contributed by atoms with Crippen molar-refractivity contribution in [2.45, 2.75) is 20.8 Å². The minimum Gasteiger partial charge on any atom is -0.463 e. The van der Waals surface area contributed by atoms with Crippen molar-refractivity contribution in [3.63, 3.8) is 0 Å². The Balaban J connectivity index is 2.15. The van der Waals surface area contributed by atoms with E-state index >= 15 is 0 Å². The van der Waals surface area contributed by atoms with Crippen LogP contribution in [0.4, 0.5) is 4.79 Å². The predicted octanol–water partition coefficient (Wildman–Crippen LogP) is 1.59. The van der Waals surface area contributed by atoms with Crippen LogP contribution in [0.1, 0.15) is 28.4 Å². The third-order valence-corrected chi connectivity index (χ3v) is 3.75. The maximum Gasteiger partial charge on any atom is 0.338 e.